The molecule has 1 rings (SSSR count). The van der Waals surface area contributed by atoms with Crippen LogP contribution in [-0.4, -0.2) is 8.80 Å². The summed E-state index contributed by atoms with van der Waals surface area (Å²) in [6.07, 6.45) is 4.28. The summed E-state index contributed by atoms with van der Waals surface area (Å²) in [5, 5.41) is 1.45. The van der Waals surface area contributed by atoms with Crippen LogP contribution < -0.4 is 5.19 Å². The zero-order chi connectivity index (χ0) is 9.52. The first-order valence-electron chi connectivity index (χ1n) is 4.56. The molecule has 0 aliphatic rings. The second-order valence-electron chi connectivity index (χ2n) is 2.82. The second kappa shape index (κ2) is 5.54. The van der Waals surface area contributed by atoms with Gasteiger partial charge in [0.15, 0.2) is 0 Å². The van der Waals surface area contributed by atoms with E-state index in [9.17, 15) is 0 Å². The molecule has 1 aromatic carbocycles. The van der Waals surface area contributed by atoms with Gasteiger partial charge in [0.05, 0.1) is 0 Å². The van der Waals surface area contributed by atoms with Crippen molar-refractivity contribution in [3.63, 3.8) is 0 Å². The van der Waals surface area contributed by atoms with Crippen LogP contribution in [0.25, 0.3) is 0 Å². The summed E-state index contributed by atoms with van der Waals surface area (Å²) in [4.78, 5) is 0. The molecule has 0 saturated heterocycles. The van der Waals surface area contributed by atoms with Crippen molar-refractivity contribution in [1.82, 2.24) is 0 Å². The van der Waals surface area contributed by atoms with Crippen molar-refractivity contribution < 1.29 is 0 Å². The van der Waals surface area contributed by atoms with Gasteiger partial charge >= 0.3 is 0 Å². The van der Waals surface area contributed by atoms with Crippen LogP contribution in [0.3, 0.4) is 0 Å². The molecule has 13 heavy (non-hydrogen) atoms. The molecular formula is C12H15Si. The molecule has 0 saturated carbocycles. The SMILES string of the molecule is CC=C[Si](C=CC)c1ccccc1. The summed E-state index contributed by atoms with van der Waals surface area (Å²) in [5.74, 6) is 0. The fourth-order valence-corrected chi connectivity index (χ4v) is 3.03. The third-order valence-corrected chi connectivity index (χ3v) is 4.18. The summed E-state index contributed by atoms with van der Waals surface area (Å²) in [6, 6.07) is 10.7. The van der Waals surface area contributed by atoms with E-state index in [1.807, 2.05) is 0 Å². The molecule has 0 spiro atoms. The van der Waals surface area contributed by atoms with Crippen molar-refractivity contribution in [3.8, 4) is 0 Å². The van der Waals surface area contributed by atoms with Crippen molar-refractivity contribution in [2.24, 2.45) is 0 Å². The highest BCUT2D eigenvalue weighted by atomic mass is 28.3. The fraction of sp³-hybridized carbons (Fsp3) is 0.167. The van der Waals surface area contributed by atoms with E-state index in [4.69, 9.17) is 0 Å². The molecule has 67 valence electrons. The molecule has 0 bridgehead atoms. The molecule has 0 unspecified atom stereocenters. The van der Waals surface area contributed by atoms with Gasteiger partial charge in [-0.25, -0.2) is 0 Å². The average molecular weight is 187 g/mol. The minimum Gasteiger partial charge on any atom is -0.0950 e. The van der Waals surface area contributed by atoms with Gasteiger partial charge in [-0.1, -0.05) is 59.1 Å². The summed E-state index contributed by atoms with van der Waals surface area (Å²) < 4.78 is 0. The van der Waals surface area contributed by atoms with Crippen LogP contribution in [0, 0.1) is 0 Å². The van der Waals surface area contributed by atoms with Crippen LogP contribution in [0.1, 0.15) is 13.8 Å². The Kier molecular flexibility index (Phi) is 4.26. The van der Waals surface area contributed by atoms with Crippen LogP contribution in [0.15, 0.2) is 53.9 Å². The number of hydrogen-bond donors (Lipinski definition) is 0. The Hall–Kier alpha value is -1.08. The van der Waals surface area contributed by atoms with Crippen LogP contribution in [0.5, 0.6) is 0 Å². The first-order chi connectivity index (χ1) is 6.38. The fourth-order valence-electron chi connectivity index (χ4n) is 1.24. The first kappa shape index (κ1) is 10.0. The van der Waals surface area contributed by atoms with E-state index in [2.05, 4.69) is 67.7 Å². The highest BCUT2D eigenvalue weighted by Gasteiger charge is 2.04. The number of allylic oxidation sites excluding steroid dienone is 2. The Morgan fingerprint density at radius 2 is 1.46 bits per heavy atom. The minimum atomic E-state index is -0.585. The molecule has 1 radical (unpaired) electrons. The Labute approximate surface area is 82.2 Å². The molecule has 0 nitrogen and oxygen atoms in total. The lowest BCUT2D eigenvalue weighted by atomic mass is 10.4. The van der Waals surface area contributed by atoms with Crippen LogP contribution >= 0.6 is 0 Å². The van der Waals surface area contributed by atoms with Crippen molar-refractivity contribution in [3.05, 3.63) is 53.9 Å². The van der Waals surface area contributed by atoms with Crippen LogP contribution in [0.4, 0.5) is 0 Å². The molecule has 0 fully saturated rings. The zero-order valence-corrected chi connectivity index (χ0v) is 9.20. The molecule has 0 atom stereocenters. The molecule has 0 N–H and O–H groups in total. The normalized spacial score (nSPS) is 11.9. The van der Waals surface area contributed by atoms with Crippen LogP contribution in [0.2, 0.25) is 0 Å². The van der Waals surface area contributed by atoms with Gasteiger partial charge in [-0.05, 0) is 13.8 Å². The average Bonchev–Trinajstić information content (AvgIpc) is 2.19. The van der Waals surface area contributed by atoms with Crippen molar-refractivity contribution in [2.75, 3.05) is 0 Å². The first-order valence-corrected chi connectivity index (χ1v) is 6.21. The maximum atomic E-state index is 2.31. The van der Waals surface area contributed by atoms with E-state index in [-0.39, 0.29) is 0 Å². The Bertz CT molecular complexity index is 273. The van der Waals surface area contributed by atoms with E-state index >= 15 is 0 Å². The largest absolute Gasteiger partial charge is 0.138 e. The third kappa shape index (κ3) is 3.03. The predicted molar refractivity (Wildman–Crippen MR) is 61.5 cm³/mol. The standard InChI is InChI=1S/C12H15Si/c1-3-10-13(11-4-2)12-8-6-5-7-9-12/h3-11H,1-2H3. The van der Waals surface area contributed by atoms with Gasteiger partial charge in [-0.15, -0.1) is 0 Å². The molecule has 0 heterocycles. The third-order valence-electron chi connectivity index (χ3n) is 1.80. The minimum absolute atomic E-state index is 0.585. The molecule has 0 aliphatic heterocycles. The number of benzene rings is 1. The smallest absolute Gasteiger partial charge is 0.0950 e. The molecule has 0 amide bonds. The topological polar surface area (TPSA) is 0 Å². The Balaban J connectivity index is 2.88. The molecule has 1 aromatic rings. The van der Waals surface area contributed by atoms with Gasteiger partial charge in [0.25, 0.3) is 0 Å². The van der Waals surface area contributed by atoms with Gasteiger partial charge in [-0.2, -0.15) is 0 Å². The van der Waals surface area contributed by atoms with Gasteiger partial charge < -0.3 is 0 Å². The van der Waals surface area contributed by atoms with Gasteiger partial charge in [0, 0.05) is 0 Å². The van der Waals surface area contributed by atoms with E-state index in [1.54, 1.807) is 0 Å². The van der Waals surface area contributed by atoms with E-state index in [0.29, 0.717) is 0 Å². The molecule has 0 aliphatic carbocycles. The summed E-state index contributed by atoms with van der Waals surface area (Å²) >= 11 is 0. The summed E-state index contributed by atoms with van der Waals surface area (Å²) in [7, 11) is -0.585. The zero-order valence-electron chi connectivity index (χ0n) is 8.20. The molecule has 1 heteroatoms. The summed E-state index contributed by atoms with van der Waals surface area (Å²) in [6.45, 7) is 4.16. The lowest BCUT2D eigenvalue weighted by Crippen LogP contribution is -2.25. The monoisotopic (exact) mass is 187 g/mol. The van der Waals surface area contributed by atoms with Crippen molar-refractivity contribution in [1.29, 1.82) is 0 Å². The van der Waals surface area contributed by atoms with E-state index in [1.165, 1.54) is 5.19 Å². The lowest BCUT2D eigenvalue weighted by Gasteiger charge is -2.04. The second-order valence-corrected chi connectivity index (χ2v) is 4.98. The summed E-state index contributed by atoms with van der Waals surface area (Å²) in [5.41, 5.74) is 4.61. The number of hydrogen-bond acceptors (Lipinski definition) is 0. The maximum Gasteiger partial charge on any atom is 0.138 e. The van der Waals surface area contributed by atoms with E-state index in [0.717, 1.165) is 0 Å². The predicted octanol–water partition coefficient (Wildman–Crippen LogP) is 2.62. The van der Waals surface area contributed by atoms with Gasteiger partial charge in [0.2, 0.25) is 0 Å². The van der Waals surface area contributed by atoms with Crippen LogP contribution in [-0.2, 0) is 0 Å². The van der Waals surface area contributed by atoms with Gasteiger partial charge in [0.1, 0.15) is 8.80 Å². The lowest BCUT2D eigenvalue weighted by molar-refractivity contribution is 1.72. The Morgan fingerprint density at radius 1 is 0.923 bits per heavy atom. The van der Waals surface area contributed by atoms with Gasteiger partial charge in [-0.3, -0.25) is 0 Å². The quantitative estimate of drug-likeness (QED) is 0.638. The molecular weight excluding hydrogens is 172 g/mol. The molecule has 0 aromatic heterocycles. The Morgan fingerprint density at radius 3 is 1.92 bits per heavy atom. The van der Waals surface area contributed by atoms with Crippen molar-refractivity contribution in [2.45, 2.75) is 13.8 Å². The van der Waals surface area contributed by atoms with E-state index < -0.39 is 8.80 Å². The number of rotatable bonds is 3. The highest BCUT2D eigenvalue weighted by Crippen LogP contribution is 1.92. The van der Waals surface area contributed by atoms with Crippen molar-refractivity contribution >= 4 is 14.0 Å². The highest BCUT2D eigenvalue weighted by molar-refractivity contribution is 6.82. The maximum absolute atomic E-state index is 2.31.